The van der Waals surface area contributed by atoms with Crippen LogP contribution in [-0.2, 0) is 25.7 Å². The first-order valence-corrected chi connectivity index (χ1v) is 13.5. The van der Waals surface area contributed by atoms with Gasteiger partial charge in [0, 0.05) is 23.1 Å². The molecule has 0 spiro atoms. The first-order valence-electron chi connectivity index (χ1n) is 12.8. The third-order valence-electron chi connectivity index (χ3n) is 8.45. The number of allylic oxidation sites excluding steroid dienone is 6. The van der Waals surface area contributed by atoms with Crippen LogP contribution in [0.25, 0.3) is 0 Å². The van der Waals surface area contributed by atoms with Gasteiger partial charge in [0.15, 0.2) is 11.6 Å². The fourth-order valence-electron chi connectivity index (χ4n) is 6.73. The number of Topliss-reactive ketones (excluding diaryl/α,β-unsaturated/α-hetero) is 1. The number of fused-ring (bicyclic) bond motifs is 3. The zero-order valence-electron chi connectivity index (χ0n) is 21.0. The Balaban J connectivity index is 1.47. The van der Waals surface area contributed by atoms with E-state index < -0.39 is 17.8 Å². The fourth-order valence-corrected chi connectivity index (χ4v) is 7.18. The highest BCUT2D eigenvalue weighted by Gasteiger charge is 2.56. The Morgan fingerprint density at radius 3 is 2.34 bits per heavy atom. The molecule has 2 aromatic carbocycles. The van der Waals surface area contributed by atoms with Crippen molar-refractivity contribution in [3.63, 3.8) is 0 Å². The number of carbonyl (C=O) groups is 4. The van der Waals surface area contributed by atoms with Crippen LogP contribution in [0.3, 0.4) is 0 Å². The van der Waals surface area contributed by atoms with Crippen LogP contribution < -0.4 is 0 Å². The molecule has 0 saturated carbocycles. The number of amides is 2. The molecule has 1 aliphatic heterocycles. The number of hydrogen-bond acceptors (Lipinski definition) is 5. The van der Waals surface area contributed by atoms with Gasteiger partial charge in [-0.3, -0.25) is 24.1 Å². The molecule has 6 rings (SSSR count). The van der Waals surface area contributed by atoms with Crippen LogP contribution in [0, 0.1) is 31.6 Å². The molecule has 0 bridgehead atoms. The van der Waals surface area contributed by atoms with Gasteiger partial charge in [0.2, 0.25) is 11.8 Å². The Hall–Kier alpha value is -3.58. The fraction of sp³-hybridized carbons (Fsp3) is 0.290. The Morgan fingerprint density at radius 2 is 1.66 bits per heavy atom. The molecule has 192 valence electrons. The van der Waals surface area contributed by atoms with Crippen molar-refractivity contribution >= 4 is 39.3 Å². The van der Waals surface area contributed by atoms with Gasteiger partial charge in [-0.2, -0.15) is 0 Å². The SMILES string of the molecule is Cc1cc([C@H]2C3=CC[C@@H]4C(=O)N(Cc5ccccc5)C(=O)[C@@H]4[C@@H]3CC3=C2C(=O)C=C(Br)C3=O)cc(C)c1O. The lowest BCUT2D eigenvalue weighted by atomic mass is 9.59. The minimum absolute atomic E-state index is 0.182. The molecule has 0 aromatic heterocycles. The summed E-state index contributed by atoms with van der Waals surface area (Å²) in [6.45, 7) is 3.82. The van der Waals surface area contributed by atoms with Crippen molar-refractivity contribution in [1.29, 1.82) is 0 Å². The molecular weight excluding hydrogens is 546 g/mol. The highest BCUT2D eigenvalue weighted by atomic mass is 79.9. The molecular formula is C31H26BrNO5. The molecule has 1 saturated heterocycles. The monoisotopic (exact) mass is 571 g/mol. The summed E-state index contributed by atoms with van der Waals surface area (Å²) in [6, 6.07) is 13.1. The number of carbonyl (C=O) groups excluding carboxylic acids is 4. The topological polar surface area (TPSA) is 91.8 Å². The number of imide groups is 1. The molecule has 1 heterocycles. The van der Waals surface area contributed by atoms with E-state index in [1.807, 2.05) is 48.5 Å². The van der Waals surface area contributed by atoms with Crippen molar-refractivity contribution < 1.29 is 24.3 Å². The van der Waals surface area contributed by atoms with E-state index in [2.05, 4.69) is 15.9 Å². The number of rotatable bonds is 3. The molecule has 2 amide bonds. The third kappa shape index (κ3) is 3.67. The average molecular weight is 572 g/mol. The van der Waals surface area contributed by atoms with Crippen LogP contribution in [0.5, 0.6) is 5.75 Å². The van der Waals surface area contributed by atoms with E-state index in [-0.39, 0.29) is 52.5 Å². The molecule has 0 radical (unpaired) electrons. The maximum absolute atomic E-state index is 13.8. The second-order valence-corrected chi connectivity index (χ2v) is 11.5. The predicted molar refractivity (Wildman–Crippen MR) is 144 cm³/mol. The van der Waals surface area contributed by atoms with E-state index in [0.717, 1.165) is 16.7 Å². The molecule has 3 aliphatic carbocycles. The van der Waals surface area contributed by atoms with Crippen molar-refractivity contribution in [2.75, 3.05) is 0 Å². The third-order valence-corrected chi connectivity index (χ3v) is 9.04. The summed E-state index contributed by atoms with van der Waals surface area (Å²) in [5, 5.41) is 10.4. The minimum atomic E-state index is -0.588. The first-order chi connectivity index (χ1) is 18.2. The van der Waals surface area contributed by atoms with Crippen LogP contribution in [0.4, 0.5) is 0 Å². The zero-order valence-corrected chi connectivity index (χ0v) is 22.6. The maximum Gasteiger partial charge on any atom is 0.234 e. The lowest BCUT2D eigenvalue weighted by molar-refractivity contribution is -0.140. The van der Waals surface area contributed by atoms with Gasteiger partial charge >= 0.3 is 0 Å². The molecule has 4 atom stereocenters. The highest BCUT2D eigenvalue weighted by molar-refractivity contribution is 9.12. The van der Waals surface area contributed by atoms with Gasteiger partial charge in [0.1, 0.15) is 5.75 Å². The first kappa shape index (κ1) is 24.7. The minimum Gasteiger partial charge on any atom is -0.507 e. The number of benzene rings is 2. The predicted octanol–water partition coefficient (Wildman–Crippen LogP) is 4.97. The Morgan fingerprint density at radius 1 is 0.974 bits per heavy atom. The van der Waals surface area contributed by atoms with Crippen LogP contribution in [0.15, 0.2) is 75.8 Å². The summed E-state index contributed by atoms with van der Waals surface area (Å²) >= 11 is 3.26. The number of phenols is 1. The van der Waals surface area contributed by atoms with Crippen molar-refractivity contribution in [3.8, 4) is 5.75 Å². The molecule has 2 aromatic rings. The highest BCUT2D eigenvalue weighted by Crippen LogP contribution is 2.55. The molecule has 4 aliphatic rings. The van der Waals surface area contributed by atoms with E-state index >= 15 is 0 Å². The Labute approximate surface area is 228 Å². The van der Waals surface area contributed by atoms with Crippen LogP contribution in [0.2, 0.25) is 0 Å². The van der Waals surface area contributed by atoms with Gasteiger partial charge in [-0.05, 0) is 70.8 Å². The van der Waals surface area contributed by atoms with E-state index in [4.69, 9.17) is 0 Å². The number of likely N-dealkylation sites (tertiary alicyclic amines) is 1. The van der Waals surface area contributed by atoms with E-state index in [1.54, 1.807) is 13.8 Å². The number of aromatic hydroxyl groups is 1. The summed E-state index contributed by atoms with van der Waals surface area (Å²) in [6.07, 6.45) is 3.98. The van der Waals surface area contributed by atoms with Crippen LogP contribution in [-0.4, -0.2) is 33.4 Å². The zero-order chi connectivity index (χ0) is 26.9. The summed E-state index contributed by atoms with van der Waals surface area (Å²) in [4.78, 5) is 55.3. The summed E-state index contributed by atoms with van der Waals surface area (Å²) in [5.41, 5.74) is 4.76. The van der Waals surface area contributed by atoms with Crippen molar-refractivity contribution in [3.05, 3.63) is 98.1 Å². The van der Waals surface area contributed by atoms with Gasteiger partial charge in [-0.15, -0.1) is 0 Å². The number of ketones is 2. The Kier molecular flexibility index (Phi) is 5.87. The average Bonchev–Trinajstić information content (AvgIpc) is 3.14. The number of nitrogens with zero attached hydrogens (tertiary/aromatic N) is 1. The largest absolute Gasteiger partial charge is 0.507 e. The van der Waals surface area contributed by atoms with Gasteiger partial charge in [0.05, 0.1) is 22.9 Å². The second-order valence-electron chi connectivity index (χ2n) is 10.6. The number of phenolic OH excluding ortho intramolecular Hbond substituents is 1. The lowest BCUT2D eigenvalue weighted by Gasteiger charge is -2.42. The Bertz CT molecular complexity index is 1510. The standard InChI is InChI=1S/C31H26BrNO5/c1-15-10-18(11-16(2)28(15)35)25-19-8-9-20-26(21(19)12-22-27(25)24(34)13-23(32)29(22)36)31(38)33(30(20)37)14-17-6-4-3-5-7-17/h3-8,10-11,13,20-21,25-26,35H,9,12,14H2,1-2H3/t20-,21+,25-,26-/m0/s1. The van der Waals surface area contributed by atoms with Gasteiger partial charge in [-0.25, -0.2) is 0 Å². The number of hydrogen-bond donors (Lipinski definition) is 1. The maximum atomic E-state index is 13.8. The van der Waals surface area contributed by atoms with Crippen molar-refractivity contribution in [1.82, 2.24) is 4.90 Å². The van der Waals surface area contributed by atoms with Crippen LogP contribution >= 0.6 is 15.9 Å². The van der Waals surface area contributed by atoms with Crippen LogP contribution in [0.1, 0.15) is 41.0 Å². The van der Waals surface area contributed by atoms with Gasteiger partial charge in [-0.1, -0.05) is 54.1 Å². The van der Waals surface area contributed by atoms with Crippen molar-refractivity contribution in [2.45, 2.75) is 39.2 Å². The smallest absolute Gasteiger partial charge is 0.234 e. The molecule has 7 heteroatoms. The molecule has 6 nitrogen and oxygen atoms in total. The molecule has 1 fully saturated rings. The van der Waals surface area contributed by atoms with Gasteiger partial charge < -0.3 is 5.11 Å². The quantitative estimate of drug-likeness (QED) is 0.319. The second kappa shape index (κ2) is 9.02. The normalized spacial score (nSPS) is 26.7. The number of halogens is 1. The molecule has 0 unspecified atom stereocenters. The van der Waals surface area contributed by atoms with Gasteiger partial charge in [0.25, 0.3) is 0 Å². The van der Waals surface area contributed by atoms with E-state index in [0.29, 0.717) is 28.7 Å². The van der Waals surface area contributed by atoms with E-state index in [9.17, 15) is 24.3 Å². The summed E-state index contributed by atoms with van der Waals surface area (Å²) < 4.78 is 0.206. The van der Waals surface area contributed by atoms with E-state index in [1.165, 1.54) is 11.0 Å². The number of aryl methyl sites for hydroxylation is 2. The lowest BCUT2D eigenvalue weighted by Crippen LogP contribution is -2.39. The summed E-state index contributed by atoms with van der Waals surface area (Å²) in [7, 11) is 0. The molecule has 38 heavy (non-hydrogen) atoms. The molecule has 1 N–H and O–H groups in total. The van der Waals surface area contributed by atoms with Crippen molar-refractivity contribution in [2.24, 2.45) is 17.8 Å². The summed E-state index contributed by atoms with van der Waals surface area (Å²) in [5.74, 6) is -2.68.